The van der Waals surface area contributed by atoms with Crippen LogP contribution in [0.4, 0.5) is 0 Å². The van der Waals surface area contributed by atoms with E-state index in [-0.39, 0.29) is 16.8 Å². The van der Waals surface area contributed by atoms with Crippen molar-refractivity contribution in [1.82, 2.24) is 14.9 Å². The minimum Gasteiger partial charge on any atom is -0.348 e. The normalized spacial score (nSPS) is 11.8. The molecular formula is C23H33N3O3S. The standard InChI is InChI=1S/C23H33N3O3S/c1-6-26(7-2)16-20-11-9-8-10-19(20)15-24-23(27)22-14-21(13-12-18(22)5)30(28,29)25-17(3)4/h8-14,17,25H,6-7,15-16H2,1-5H3,(H,24,27). The van der Waals surface area contributed by atoms with Gasteiger partial charge in [0.2, 0.25) is 10.0 Å². The molecule has 0 radical (unpaired) electrons. The van der Waals surface area contributed by atoms with Crippen molar-refractivity contribution in [2.75, 3.05) is 13.1 Å². The van der Waals surface area contributed by atoms with Crippen molar-refractivity contribution < 1.29 is 13.2 Å². The van der Waals surface area contributed by atoms with Crippen LogP contribution in [0.2, 0.25) is 0 Å². The predicted molar refractivity (Wildman–Crippen MR) is 121 cm³/mol. The summed E-state index contributed by atoms with van der Waals surface area (Å²) in [5.41, 5.74) is 3.33. The fourth-order valence-electron chi connectivity index (χ4n) is 3.23. The average molecular weight is 432 g/mol. The van der Waals surface area contributed by atoms with E-state index in [1.807, 2.05) is 18.2 Å². The van der Waals surface area contributed by atoms with Gasteiger partial charge in [0.1, 0.15) is 0 Å². The lowest BCUT2D eigenvalue weighted by molar-refractivity contribution is 0.0950. The number of rotatable bonds is 10. The molecule has 0 aromatic heterocycles. The number of carbonyl (C=O) groups excluding carboxylic acids is 1. The molecule has 0 heterocycles. The average Bonchev–Trinajstić information content (AvgIpc) is 2.70. The van der Waals surface area contributed by atoms with E-state index in [9.17, 15) is 13.2 Å². The summed E-state index contributed by atoms with van der Waals surface area (Å²) < 4.78 is 27.5. The molecule has 0 bridgehead atoms. The minimum atomic E-state index is -3.66. The van der Waals surface area contributed by atoms with E-state index in [1.165, 1.54) is 17.7 Å². The highest BCUT2D eigenvalue weighted by molar-refractivity contribution is 7.89. The smallest absolute Gasteiger partial charge is 0.251 e. The van der Waals surface area contributed by atoms with Gasteiger partial charge in [-0.1, -0.05) is 44.2 Å². The third-order valence-electron chi connectivity index (χ3n) is 5.00. The molecule has 0 aliphatic heterocycles. The zero-order valence-corrected chi connectivity index (χ0v) is 19.3. The molecule has 0 atom stereocenters. The number of sulfonamides is 1. The van der Waals surface area contributed by atoms with Gasteiger partial charge in [-0.3, -0.25) is 9.69 Å². The van der Waals surface area contributed by atoms with Gasteiger partial charge in [-0.2, -0.15) is 0 Å². The molecule has 7 heteroatoms. The third-order valence-corrected chi connectivity index (χ3v) is 6.66. The molecule has 2 rings (SSSR count). The highest BCUT2D eigenvalue weighted by Gasteiger charge is 2.19. The van der Waals surface area contributed by atoms with E-state index in [2.05, 4.69) is 34.9 Å². The zero-order chi connectivity index (χ0) is 22.3. The van der Waals surface area contributed by atoms with Gasteiger partial charge in [-0.15, -0.1) is 0 Å². The van der Waals surface area contributed by atoms with Crippen molar-refractivity contribution in [3.8, 4) is 0 Å². The number of hydrogen-bond donors (Lipinski definition) is 2. The summed E-state index contributed by atoms with van der Waals surface area (Å²) >= 11 is 0. The van der Waals surface area contributed by atoms with E-state index in [0.29, 0.717) is 12.1 Å². The molecular weight excluding hydrogens is 398 g/mol. The lowest BCUT2D eigenvalue weighted by atomic mass is 10.1. The molecule has 0 spiro atoms. The van der Waals surface area contributed by atoms with Crippen LogP contribution in [0.15, 0.2) is 47.4 Å². The van der Waals surface area contributed by atoms with Crippen LogP contribution in [0.5, 0.6) is 0 Å². The maximum Gasteiger partial charge on any atom is 0.251 e. The predicted octanol–water partition coefficient (Wildman–Crippen LogP) is 3.45. The van der Waals surface area contributed by atoms with Crippen LogP contribution < -0.4 is 10.0 Å². The van der Waals surface area contributed by atoms with Crippen LogP contribution in [0.1, 0.15) is 54.7 Å². The molecule has 0 fully saturated rings. The monoisotopic (exact) mass is 431 g/mol. The number of aryl methyl sites for hydroxylation is 1. The van der Waals surface area contributed by atoms with Gasteiger partial charge in [0.05, 0.1) is 4.90 Å². The fourth-order valence-corrected chi connectivity index (χ4v) is 4.51. The van der Waals surface area contributed by atoms with Gasteiger partial charge in [-0.25, -0.2) is 13.1 Å². The van der Waals surface area contributed by atoms with Crippen molar-refractivity contribution in [2.24, 2.45) is 0 Å². The molecule has 30 heavy (non-hydrogen) atoms. The van der Waals surface area contributed by atoms with Gasteiger partial charge in [0.15, 0.2) is 0 Å². The summed E-state index contributed by atoms with van der Waals surface area (Å²) in [5.74, 6) is -0.285. The molecule has 2 aromatic rings. The second-order valence-corrected chi connectivity index (χ2v) is 9.38. The summed E-state index contributed by atoms with van der Waals surface area (Å²) in [6.45, 7) is 12.7. The van der Waals surface area contributed by atoms with Gasteiger partial charge >= 0.3 is 0 Å². The van der Waals surface area contributed by atoms with Crippen LogP contribution in [0.3, 0.4) is 0 Å². The molecule has 0 aliphatic carbocycles. The summed E-state index contributed by atoms with van der Waals surface area (Å²) in [5, 5.41) is 2.95. The fraction of sp³-hybridized carbons (Fsp3) is 0.435. The lowest BCUT2D eigenvalue weighted by Gasteiger charge is -2.20. The molecule has 2 aromatic carbocycles. The Labute approximate surface area is 180 Å². The van der Waals surface area contributed by atoms with Crippen molar-refractivity contribution in [3.63, 3.8) is 0 Å². The Morgan fingerprint density at radius 2 is 1.67 bits per heavy atom. The largest absolute Gasteiger partial charge is 0.348 e. The van der Waals surface area contributed by atoms with E-state index in [4.69, 9.17) is 0 Å². The molecule has 1 amide bonds. The molecule has 2 N–H and O–H groups in total. The molecule has 0 aliphatic rings. The molecule has 0 saturated carbocycles. The first-order valence-corrected chi connectivity index (χ1v) is 11.9. The number of amides is 1. The van der Waals surface area contributed by atoms with Crippen molar-refractivity contribution >= 4 is 15.9 Å². The second kappa shape index (κ2) is 10.7. The molecule has 164 valence electrons. The van der Waals surface area contributed by atoms with Crippen molar-refractivity contribution in [1.29, 1.82) is 0 Å². The van der Waals surface area contributed by atoms with Gasteiger partial charge in [0, 0.05) is 24.7 Å². The number of carbonyl (C=O) groups is 1. The Morgan fingerprint density at radius 3 is 2.27 bits per heavy atom. The van der Waals surface area contributed by atoms with E-state index >= 15 is 0 Å². The second-order valence-electron chi connectivity index (χ2n) is 7.67. The number of nitrogens with zero attached hydrogens (tertiary/aromatic N) is 1. The van der Waals surface area contributed by atoms with E-state index in [1.54, 1.807) is 26.8 Å². The first-order chi connectivity index (χ1) is 14.2. The highest BCUT2D eigenvalue weighted by atomic mass is 32.2. The highest BCUT2D eigenvalue weighted by Crippen LogP contribution is 2.17. The van der Waals surface area contributed by atoms with E-state index < -0.39 is 10.0 Å². The summed E-state index contributed by atoms with van der Waals surface area (Å²) in [6, 6.07) is 12.5. The summed E-state index contributed by atoms with van der Waals surface area (Å²) in [7, 11) is -3.66. The first-order valence-electron chi connectivity index (χ1n) is 10.4. The first kappa shape index (κ1) is 24.1. The van der Waals surface area contributed by atoms with Crippen LogP contribution in [-0.4, -0.2) is 38.4 Å². The van der Waals surface area contributed by atoms with Crippen LogP contribution in [-0.2, 0) is 23.1 Å². The molecule has 6 nitrogen and oxygen atoms in total. The Balaban J connectivity index is 2.19. The lowest BCUT2D eigenvalue weighted by Crippen LogP contribution is -2.31. The molecule has 0 saturated heterocycles. The summed E-state index contributed by atoms with van der Waals surface area (Å²) in [4.78, 5) is 15.3. The van der Waals surface area contributed by atoms with Gasteiger partial charge < -0.3 is 5.32 Å². The Hall–Kier alpha value is -2.22. The molecule has 0 unspecified atom stereocenters. The van der Waals surface area contributed by atoms with Crippen LogP contribution in [0.25, 0.3) is 0 Å². The van der Waals surface area contributed by atoms with Crippen molar-refractivity contribution in [2.45, 2.75) is 58.6 Å². The Morgan fingerprint density at radius 1 is 1.03 bits per heavy atom. The quantitative estimate of drug-likeness (QED) is 0.604. The topological polar surface area (TPSA) is 78.5 Å². The number of benzene rings is 2. The maximum atomic E-state index is 12.8. The SMILES string of the molecule is CCN(CC)Cc1ccccc1CNC(=O)c1cc(S(=O)(=O)NC(C)C)ccc1C. The van der Waals surface area contributed by atoms with Crippen molar-refractivity contribution in [3.05, 3.63) is 64.7 Å². The zero-order valence-electron chi connectivity index (χ0n) is 18.5. The number of nitrogens with one attached hydrogen (secondary N) is 2. The van der Waals surface area contributed by atoms with Gasteiger partial charge in [0.25, 0.3) is 5.91 Å². The Kier molecular flexibility index (Phi) is 8.58. The third kappa shape index (κ3) is 6.39. The number of hydrogen-bond acceptors (Lipinski definition) is 4. The van der Waals surface area contributed by atoms with Crippen LogP contribution in [0, 0.1) is 6.92 Å². The van der Waals surface area contributed by atoms with Gasteiger partial charge in [-0.05, 0) is 62.7 Å². The maximum absolute atomic E-state index is 12.8. The Bertz CT molecular complexity index is 967. The van der Waals surface area contributed by atoms with Crippen LogP contribution >= 0.6 is 0 Å². The summed E-state index contributed by atoms with van der Waals surface area (Å²) in [6.07, 6.45) is 0. The minimum absolute atomic E-state index is 0.0916. The van der Waals surface area contributed by atoms with E-state index in [0.717, 1.165) is 30.8 Å².